The fraction of sp³-hybridized carbons (Fsp3) is 0.176. The molecule has 1 unspecified atom stereocenters. The summed E-state index contributed by atoms with van der Waals surface area (Å²) in [4.78, 5) is 2.11. The van der Waals surface area contributed by atoms with Gasteiger partial charge in [-0.1, -0.05) is 36.9 Å². The van der Waals surface area contributed by atoms with E-state index in [0.717, 1.165) is 11.3 Å². The van der Waals surface area contributed by atoms with Crippen LogP contribution < -0.4 is 4.90 Å². The summed E-state index contributed by atoms with van der Waals surface area (Å²) in [6, 6.07) is 15.0. The molecule has 1 heterocycles. The van der Waals surface area contributed by atoms with Crippen LogP contribution in [0.15, 0.2) is 60.8 Å². The second-order valence-electron chi connectivity index (χ2n) is 5.15. The average molecular weight is 253 g/mol. The summed E-state index contributed by atoms with van der Waals surface area (Å²) in [5, 5.41) is 0. The average Bonchev–Trinajstić information content (AvgIpc) is 2.63. The highest BCUT2D eigenvalue weighted by Gasteiger charge is 2.42. The molecule has 2 aromatic carbocycles. The van der Waals surface area contributed by atoms with Crippen LogP contribution >= 0.6 is 0 Å². The van der Waals surface area contributed by atoms with Crippen molar-refractivity contribution in [2.24, 2.45) is 0 Å². The van der Waals surface area contributed by atoms with E-state index in [1.54, 1.807) is 0 Å². The first-order valence-electron chi connectivity index (χ1n) is 6.34. The smallest absolute Gasteiger partial charge is 0.123 e. The molecule has 96 valence electrons. The normalized spacial score (nSPS) is 21.6. The van der Waals surface area contributed by atoms with Gasteiger partial charge in [-0.15, -0.1) is 0 Å². The van der Waals surface area contributed by atoms with Gasteiger partial charge in [0, 0.05) is 18.4 Å². The third-order valence-electron chi connectivity index (χ3n) is 4.21. The number of halogens is 1. The van der Waals surface area contributed by atoms with Crippen molar-refractivity contribution in [3.8, 4) is 0 Å². The summed E-state index contributed by atoms with van der Waals surface area (Å²) in [7, 11) is 2.02. The molecule has 1 atom stereocenters. The number of hydrogen-bond acceptors (Lipinski definition) is 1. The van der Waals surface area contributed by atoms with E-state index in [-0.39, 0.29) is 11.2 Å². The van der Waals surface area contributed by atoms with Crippen molar-refractivity contribution in [1.29, 1.82) is 0 Å². The Hall–Kier alpha value is -2.09. The van der Waals surface area contributed by atoms with Crippen molar-refractivity contribution in [2.45, 2.75) is 12.3 Å². The molecule has 0 saturated carbocycles. The topological polar surface area (TPSA) is 3.24 Å². The fourth-order valence-electron chi connectivity index (χ4n) is 2.93. The molecule has 3 rings (SSSR count). The van der Waals surface area contributed by atoms with Crippen LogP contribution in [0.2, 0.25) is 0 Å². The molecule has 0 radical (unpaired) electrons. The van der Waals surface area contributed by atoms with E-state index in [2.05, 4.69) is 30.5 Å². The number of benzene rings is 2. The molecular formula is C17H16FN. The fourth-order valence-corrected chi connectivity index (χ4v) is 2.93. The zero-order valence-electron chi connectivity index (χ0n) is 11.2. The molecule has 1 nitrogen and oxygen atoms in total. The quantitative estimate of drug-likeness (QED) is 0.739. The molecule has 0 aromatic heterocycles. The van der Waals surface area contributed by atoms with Crippen molar-refractivity contribution >= 4 is 5.69 Å². The lowest BCUT2D eigenvalue weighted by Gasteiger charge is -2.28. The molecule has 2 aromatic rings. The van der Waals surface area contributed by atoms with Crippen LogP contribution in [0.5, 0.6) is 0 Å². The summed E-state index contributed by atoms with van der Waals surface area (Å²) < 4.78 is 13.1. The zero-order valence-corrected chi connectivity index (χ0v) is 11.2. The highest BCUT2D eigenvalue weighted by Crippen LogP contribution is 2.49. The van der Waals surface area contributed by atoms with Gasteiger partial charge in [0.15, 0.2) is 0 Å². The second-order valence-corrected chi connectivity index (χ2v) is 5.15. The Morgan fingerprint density at radius 3 is 2.37 bits per heavy atom. The van der Waals surface area contributed by atoms with Crippen molar-refractivity contribution in [3.63, 3.8) is 0 Å². The minimum Gasteiger partial charge on any atom is -0.347 e. The van der Waals surface area contributed by atoms with Crippen LogP contribution in [-0.4, -0.2) is 7.05 Å². The van der Waals surface area contributed by atoms with E-state index in [1.807, 2.05) is 31.3 Å². The lowest BCUT2D eigenvalue weighted by Crippen LogP contribution is -2.26. The third kappa shape index (κ3) is 1.53. The number of nitrogens with zero attached hydrogens (tertiary/aromatic N) is 1. The van der Waals surface area contributed by atoms with Gasteiger partial charge in [-0.2, -0.15) is 0 Å². The van der Waals surface area contributed by atoms with Crippen LogP contribution in [0, 0.1) is 5.82 Å². The van der Waals surface area contributed by atoms with Crippen LogP contribution in [-0.2, 0) is 5.41 Å². The molecule has 2 heteroatoms. The van der Waals surface area contributed by atoms with Crippen LogP contribution in [0.4, 0.5) is 10.1 Å². The van der Waals surface area contributed by atoms with Crippen molar-refractivity contribution in [3.05, 3.63) is 77.8 Å². The second kappa shape index (κ2) is 3.95. The van der Waals surface area contributed by atoms with Gasteiger partial charge in [-0.25, -0.2) is 4.39 Å². The van der Waals surface area contributed by atoms with Gasteiger partial charge in [-0.3, -0.25) is 0 Å². The van der Waals surface area contributed by atoms with Crippen LogP contribution in [0.1, 0.15) is 18.1 Å². The first-order valence-corrected chi connectivity index (χ1v) is 6.34. The summed E-state index contributed by atoms with van der Waals surface area (Å²) in [6.45, 7) is 6.38. The molecule has 19 heavy (non-hydrogen) atoms. The van der Waals surface area contributed by atoms with Crippen molar-refractivity contribution in [2.75, 3.05) is 11.9 Å². The van der Waals surface area contributed by atoms with Crippen molar-refractivity contribution in [1.82, 2.24) is 0 Å². The minimum atomic E-state index is -0.293. The Bertz CT molecular complexity index is 645. The Morgan fingerprint density at radius 1 is 1.05 bits per heavy atom. The van der Waals surface area contributed by atoms with Gasteiger partial charge >= 0.3 is 0 Å². The molecule has 1 aliphatic heterocycles. The summed E-state index contributed by atoms with van der Waals surface area (Å²) in [6.07, 6.45) is 0. The van der Waals surface area contributed by atoms with E-state index >= 15 is 0 Å². The number of anilines is 1. The maximum absolute atomic E-state index is 13.1. The highest BCUT2D eigenvalue weighted by atomic mass is 19.1. The van der Waals surface area contributed by atoms with Gasteiger partial charge in [0.05, 0.1) is 5.41 Å². The Morgan fingerprint density at radius 2 is 1.68 bits per heavy atom. The Labute approximate surface area is 113 Å². The maximum atomic E-state index is 13.1. The number of rotatable bonds is 1. The van der Waals surface area contributed by atoms with E-state index in [4.69, 9.17) is 0 Å². The number of likely N-dealkylation sites (N-methyl/N-ethyl adjacent to an activating group) is 1. The predicted octanol–water partition coefficient (Wildman–Crippen LogP) is 4.10. The monoisotopic (exact) mass is 253 g/mol. The van der Waals surface area contributed by atoms with Gasteiger partial charge in [0.2, 0.25) is 0 Å². The number of fused-ring (bicyclic) bond motifs is 1. The van der Waals surface area contributed by atoms with E-state index < -0.39 is 0 Å². The number of hydrogen-bond donors (Lipinski definition) is 0. The van der Waals surface area contributed by atoms with Crippen molar-refractivity contribution < 1.29 is 4.39 Å². The summed E-state index contributed by atoms with van der Waals surface area (Å²) >= 11 is 0. The molecule has 1 aliphatic rings. The molecule has 0 N–H and O–H groups in total. The van der Waals surface area contributed by atoms with Gasteiger partial charge < -0.3 is 4.90 Å². The van der Waals surface area contributed by atoms with Gasteiger partial charge in [0.1, 0.15) is 5.82 Å². The number of allylic oxidation sites excluding steroid dienone is 1. The van der Waals surface area contributed by atoms with E-state index in [1.165, 1.54) is 23.4 Å². The van der Waals surface area contributed by atoms with E-state index in [0.29, 0.717) is 0 Å². The zero-order chi connectivity index (χ0) is 13.6. The molecule has 0 spiro atoms. The summed E-state index contributed by atoms with van der Waals surface area (Å²) in [5.41, 5.74) is 4.17. The van der Waals surface area contributed by atoms with Crippen LogP contribution in [0.3, 0.4) is 0 Å². The maximum Gasteiger partial charge on any atom is 0.123 e. The lowest BCUT2D eigenvalue weighted by molar-refractivity contribution is 0.622. The SMILES string of the molecule is C=C1N(C)c2ccccc2C1(C)c1ccc(F)cc1. The largest absolute Gasteiger partial charge is 0.347 e. The molecule has 0 aliphatic carbocycles. The molecule has 0 fully saturated rings. The Balaban J connectivity index is 2.24. The van der Waals surface area contributed by atoms with E-state index in [9.17, 15) is 4.39 Å². The minimum absolute atomic E-state index is 0.211. The first-order chi connectivity index (χ1) is 9.05. The molecular weight excluding hydrogens is 237 g/mol. The molecule has 0 amide bonds. The summed E-state index contributed by atoms with van der Waals surface area (Å²) in [5.74, 6) is -0.211. The molecule has 0 saturated heterocycles. The van der Waals surface area contributed by atoms with Crippen LogP contribution in [0.25, 0.3) is 0 Å². The Kier molecular flexibility index (Phi) is 2.49. The van der Waals surface area contributed by atoms with Gasteiger partial charge in [0.25, 0.3) is 0 Å². The predicted molar refractivity (Wildman–Crippen MR) is 76.8 cm³/mol. The van der Waals surface area contributed by atoms with Gasteiger partial charge in [-0.05, 0) is 36.2 Å². The molecule has 0 bridgehead atoms. The lowest BCUT2D eigenvalue weighted by atomic mass is 9.76. The number of para-hydroxylation sites is 1. The standard InChI is InChI=1S/C17H16FN/c1-12-17(2,13-8-10-14(18)11-9-13)15-6-4-5-7-16(15)19(12)3/h4-11H,1H2,2-3H3. The first kappa shape index (κ1) is 12.0. The highest BCUT2D eigenvalue weighted by molar-refractivity contribution is 5.73. The third-order valence-corrected chi connectivity index (χ3v) is 4.21.